The number of pyridine rings is 1. The maximum Gasteiger partial charge on any atom is 0.433 e. The van der Waals surface area contributed by atoms with Crippen LogP contribution in [0.5, 0.6) is 0 Å². The van der Waals surface area contributed by atoms with E-state index < -0.39 is 17.9 Å². The molecule has 1 aromatic heterocycles. The molecule has 1 aromatic carbocycles. The summed E-state index contributed by atoms with van der Waals surface area (Å²) in [4.78, 5) is 15.5. The summed E-state index contributed by atoms with van der Waals surface area (Å²) in [7, 11) is 0. The number of nitrogens with zero attached hydrogens (tertiary/aromatic N) is 1. The quantitative estimate of drug-likeness (QED) is 0.739. The number of hydrogen-bond acceptors (Lipinski definition) is 3. The Morgan fingerprint density at radius 2 is 2.04 bits per heavy atom. The van der Waals surface area contributed by atoms with Crippen molar-refractivity contribution >= 4 is 23.7 Å². The molecule has 2 aromatic rings. The third kappa shape index (κ3) is 3.65. The van der Waals surface area contributed by atoms with E-state index in [2.05, 4.69) is 15.0 Å². The fourth-order valence-corrected chi connectivity index (χ4v) is 3.61. The van der Waals surface area contributed by atoms with Crippen LogP contribution in [0.25, 0.3) is 11.1 Å². The summed E-state index contributed by atoms with van der Waals surface area (Å²) < 4.78 is 41.8. The summed E-state index contributed by atoms with van der Waals surface area (Å²) in [6.07, 6.45) is 0.996. The van der Waals surface area contributed by atoms with Crippen LogP contribution in [0.3, 0.4) is 0 Å². The smallest absolute Gasteiger partial charge is 0.306 e. The Balaban J connectivity index is 2.16. The largest absolute Gasteiger partial charge is 0.433 e. The summed E-state index contributed by atoms with van der Waals surface area (Å²) in [6.45, 7) is 1.85. The highest BCUT2D eigenvalue weighted by molar-refractivity contribution is 7.97. The molecule has 8 heteroatoms. The second-order valence-corrected chi connectivity index (χ2v) is 6.73. The zero-order valence-electron chi connectivity index (χ0n) is 14.3. The van der Waals surface area contributed by atoms with Crippen LogP contribution in [-0.2, 0) is 19.0 Å². The number of nitrogens with one attached hydrogen (secondary N) is 2. The molecule has 4 nitrogen and oxygen atoms in total. The van der Waals surface area contributed by atoms with Gasteiger partial charge in [0.15, 0.2) is 0 Å². The van der Waals surface area contributed by atoms with Gasteiger partial charge in [-0.15, -0.1) is 0 Å². The van der Waals surface area contributed by atoms with E-state index in [9.17, 15) is 18.0 Å². The van der Waals surface area contributed by atoms with Gasteiger partial charge in [0.2, 0.25) is 0 Å². The van der Waals surface area contributed by atoms with Crippen molar-refractivity contribution in [3.8, 4) is 11.1 Å². The first-order valence-corrected chi connectivity index (χ1v) is 9.32. The second kappa shape index (κ2) is 7.19. The molecule has 0 aliphatic heterocycles. The van der Waals surface area contributed by atoms with Crippen LogP contribution in [0.15, 0.2) is 24.4 Å². The molecule has 26 heavy (non-hydrogen) atoms. The number of halogens is 3. The van der Waals surface area contributed by atoms with Crippen LogP contribution >= 0.6 is 11.9 Å². The van der Waals surface area contributed by atoms with Crippen LogP contribution in [0, 0.1) is 6.92 Å². The molecule has 138 valence electrons. The lowest BCUT2D eigenvalue weighted by Crippen LogP contribution is -2.23. The number of amides is 2. The first kappa shape index (κ1) is 18.6. The van der Waals surface area contributed by atoms with Gasteiger partial charge in [0, 0.05) is 18.0 Å². The predicted molar refractivity (Wildman–Crippen MR) is 97.1 cm³/mol. The Bertz CT molecular complexity index is 852. The van der Waals surface area contributed by atoms with Crippen LogP contribution in [0.4, 0.5) is 23.7 Å². The van der Waals surface area contributed by atoms with Crippen LogP contribution in [0.2, 0.25) is 0 Å². The SMILES string of the molecule is CSNC(=O)Nc1c2c(cc(C)c1-c1ccnc(C(F)(F)F)c1)CCC2. The van der Waals surface area contributed by atoms with E-state index in [0.29, 0.717) is 16.8 Å². The Labute approximate surface area is 153 Å². The van der Waals surface area contributed by atoms with Gasteiger partial charge < -0.3 is 5.32 Å². The van der Waals surface area contributed by atoms with E-state index in [4.69, 9.17) is 0 Å². The average Bonchev–Trinajstić information content (AvgIpc) is 3.02. The van der Waals surface area contributed by atoms with Crippen molar-refractivity contribution < 1.29 is 18.0 Å². The van der Waals surface area contributed by atoms with Gasteiger partial charge in [0.05, 0.1) is 5.69 Å². The number of aromatic nitrogens is 1. The van der Waals surface area contributed by atoms with Gasteiger partial charge in [-0.2, -0.15) is 13.2 Å². The lowest BCUT2D eigenvalue weighted by Gasteiger charge is -2.19. The zero-order valence-corrected chi connectivity index (χ0v) is 15.1. The number of benzene rings is 1. The minimum absolute atomic E-state index is 0.388. The number of rotatable bonds is 3. The van der Waals surface area contributed by atoms with E-state index in [-0.39, 0.29) is 0 Å². The van der Waals surface area contributed by atoms with E-state index in [1.54, 1.807) is 6.26 Å². The summed E-state index contributed by atoms with van der Waals surface area (Å²) in [5, 5.41) is 2.84. The number of urea groups is 1. The first-order valence-electron chi connectivity index (χ1n) is 8.10. The van der Waals surface area contributed by atoms with E-state index in [1.807, 2.05) is 13.0 Å². The molecule has 0 bridgehead atoms. The third-order valence-corrected chi connectivity index (χ3v) is 4.76. The molecule has 2 N–H and O–H groups in total. The summed E-state index contributed by atoms with van der Waals surface area (Å²) in [5.41, 5.74) is 3.58. The molecule has 0 saturated carbocycles. The molecule has 0 fully saturated rings. The Hall–Kier alpha value is -2.22. The van der Waals surface area contributed by atoms with Crippen LogP contribution in [0.1, 0.15) is 28.8 Å². The Kier molecular flexibility index (Phi) is 5.13. The van der Waals surface area contributed by atoms with Crippen molar-refractivity contribution in [2.45, 2.75) is 32.4 Å². The standard InChI is InChI=1S/C18H18F3N3OS/c1-10-8-11-4-3-5-13(11)16(23-17(25)24-26-2)15(10)12-6-7-22-14(9-12)18(19,20)21/h6-9H,3-5H2,1-2H3,(H2,23,24,25). The number of fused-ring (bicyclic) bond motifs is 1. The van der Waals surface area contributed by atoms with Gasteiger partial charge in [-0.05, 0) is 60.6 Å². The zero-order chi connectivity index (χ0) is 18.9. The lowest BCUT2D eigenvalue weighted by atomic mass is 9.93. The minimum atomic E-state index is -4.52. The van der Waals surface area contributed by atoms with Gasteiger partial charge in [-0.25, -0.2) is 4.79 Å². The van der Waals surface area contributed by atoms with Gasteiger partial charge in [0.1, 0.15) is 5.69 Å². The third-order valence-electron chi connectivity index (χ3n) is 4.37. The number of carbonyl (C=O) groups excluding carboxylic acids is 1. The van der Waals surface area contributed by atoms with Crippen molar-refractivity contribution in [2.24, 2.45) is 0 Å². The van der Waals surface area contributed by atoms with E-state index in [0.717, 1.165) is 60.2 Å². The molecule has 0 saturated heterocycles. The van der Waals surface area contributed by atoms with Crippen LogP contribution < -0.4 is 10.0 Å². The van der Waals surface area contributed by atoms with Gasteiger partial charge in [-0.1, -0.05) is 18.0 Å². The molecule has 0 radical (unpaired) electrons. The number of carbonyl (C=O) groups is 1. The van der Waals surface area contributed by atoms with Gasteiger partial charge in [0.25, 0.3) is 0 Å². The highest BCUT2D eigenvalue weighted by Crippen LogP contribution is 2.41. The molecule has 1 aliphatic rings. The van der Waals surface area contributed by atoms with E-state index in [1.165, 1.54) is 6.07 Å². The topological polar surface area (TPSA) is 54.0 Å². The van der Waals surface area contributed by atoms with Crippen molar-refractivity contribution in [2.75, 3.05) is 11.6 Å². The number of anilines is 1. The Morgan fingerprint density at radius 3 is 2.73 bits per heavy atom. The Morgan fingerprint density at radius 1 is 1.27 bits per heavy atom. The first-order chi connectivity index (χ1) is 12.3. The summed E-state index contributed by atoms with van der Waals surface area (Å²) in [6, 6.07) is 4.17. The van der Waals surface area contributed by atoms with Crippen molar-refractivity contribution in [3.05, 3.63) is 46.8 Å². The predicted octanol–water partition coefficient (Wildman–Crippen LogP) is 4.96. The van der Waals surface area contributed by atoms with E-state index >= 15 is 0 Å². The molecule has 1 heterocycles. The second-order valence-electron chi connectivity index (χ2n) is 6.12. The normalized spacial score (nSPS) is 13.4. The number of aryl methyl sites for hydroxylation is 2. The maximum atomic E-state index is 13.1. The van der Waals surface area contributed by atoms with Crippen molar-refractivity contribution in [3.63, 3.8) is 0 Å². The van der Waals surface area contributed by atoms with Gasteiger partial charge >= 0.3 is 12.2 Å². The number of hydrogen-bond donors (Lipinski definition) is 2. The molecule has 0 unspecified atom stereocenters. The van der Waals surface area contributed by atoms with Crippen molar-refractivity contribution in [1.82, 2.24) is 9.71 Å². The molecule has 3 rings (SSSR count). The maximum absolute atomic E-state index is 13.1. The molecule has 1 aliphatic carbocycles. The highest BCUT2D eigenvalue weighted by Gasteiger charge is 2.33. The summed E-state index contributed by atoms with van der Waals surface area (Å²) >= 11 is 1.15. The fraction of sp³-hybridized carbons (Fsp3) is 0.333. The van der Waals surface area contributed by atoms with Gasteiger partial charge in [-0.3, -0.25) is 9.71 Å². The molecule has 0 spiro atoms. The van der Waals surface area contributed by atoms with Crippen LogP contribution in [-0.4, -0.2) is 17.3 Å². The molecule has 0 atom stereocenters. The lowest BCUT2D eigenvalue weighted by molar-refractivity contribution is -0.141. The molecule has 2 amide bonds. The highest BCUT2D eigenvalue weighted by atomic mass is 32.2. The van der Waals surface area contributed by atoms with Crippen molar-refractivity contribution in [1.29, 1.82) is 0 Å². The average molecular weight is 381 g/mol. The summed E-state index contributed by atoms with van der Waals surface area (Å²) in [5.74, 6) is 0. The minimum Gasteiger partial charge on any atom is -0.306 e. The molecular weight excluding hydrogens is 363 g/mol. The fourth-order valence-electron chi connectivity index (χ4n) is 3.38. The monoisotopic (exact) mass is 381 g/mol. The molecular formula is C18H18F3N3OS. The number of alkyl halides is 3.